The molecule has 0 aliphatic carbocycles. The Hall–Kier alpha value is -1.67. The minimum absolute atomic E-state index is 0. The smallest absolute Gasteiger partial charge is 0.233 e. The molecule has 1 amide bonds. The Bertz CT molecular complexity index is 758. The van der Waals surface area contributed by atoms with Gasteiger partial charge >= 0.3 is 0 Å². The van der Waals surface area contributed by atoms with Crippen molar-refractivity contribution in [1.29, 1.82) is 0 Å². The first-order chi connectivity index (χ1) is 12.6. The second kappa shape index (κ2) is 9.50. The summed E-state index contributed by atoms with van der Waals surface area (Å²) in [5.74, 6) is 0.751. The van der Waals surface area contributed by atoms with Crippen LogP contribution in [0.2, 0.25) is 0 Å². The van der Waals surface area contributed by atoms with Crippen LogP contribution in [-0.4, -0.2) is 37.8 Å². The summed E-state index contributed by atoms with van der Waals surface area (Å²) in [6, 6.07) is 7.80. The number of nitrogens with zero attached hydrogens (tertiary/aromatic N) is 1. The second-order valence-electron chi connectivity index (χ2n) is 6.42. The Morgan fingerprint density at radius 3 is 2.56 bits per heavy atom. The lowest BCUT2D eigenvalue weighted by atomic mass is 9.79. The zero-order valence-electron chi connectivity index (χ0n) is 15.6. The van der Waals surface area contributed by atoms with E-state index in [0.717, 1.165) is 28.3 Å². The number of hydrogen-bond donors (Lipinski definition) is 2. The maximum atomic E-state index is 12.9. The van der Waals surface area contributed by atoms with Gasteiger partial charge in [0.15, 0.2) is 5.13 Å². The van der Waals surface area contributed by atoms with E-state index in [1.54, 1.807) is 7.11 Å². The number of nitrogens with two attached hydrogens (primary N) is 1. The van der Waals surface area contributed by atoms with Gasteiger partial charge in [0.05, 0.1) is 18.2 Å². The number of halogens is 1. The van der Waals surface area contributed by atoms with Crippen LogP contribution in [0.15, 0.2) is 24.3 Å². The van der Waals surface area contributed by atoms with E-state index in [9.17, 15) is 4.79 Å². The van der Waals surface area contributed by atoms with Gasteiger partial charge in [-0.15, -0.1) is 23.7 Å². The molecule has 1 aliphatic rings. The molecule has 0 bridgehead atoms. The molecular formula is C19H26ClN3O3S. The van der Waals surface area contributed by atoms with Gasteiger partial charge < -0.3 is 20.5 Å². The number of nitrogens with one attached hydrogen (secondary N) is 1. The molecular weight excluding hydrogens is 386 g/mol. The Kier molecular flexibility index (Phi) is 7.61. The number of methoxy groups -OCH3 is 1. The molecule has 1 fully saturated rings. The third-order valence-corrected chi connectivity index (χ3v) is 6.04. The monoisotopic (exact) mass is 411 g/mol. The third-order valence-electron chi connectivity index (χ3n) is 4.92. The SMILES string of the molecule is CCc1sc(NC(=O)C2(CN)CCOCC2)nc1-c1ccc(OC)cc1.Cl. The van der Waals surface area contributed by atoms with Crippen LogP contribution in [0.5, 0.6) is 5.75 Å². The van der Waals surface area contributed by atoms with E-state index in [-0.39, 0.29) is 18.3 Å². The summed E-state index contributed by atoms with van der Waals surface area (Å²) < 4.78 is 10.6. The highest BCUT2D eigenvalue weighted by Crippen LogP contribution is 2.35. The van der Waals surface area contributed by atoms with Crippen molar-refractivity contribution in [2.45, 2.75) is 26.2 Å². The van der Waals surface area contributed by atoms with Gasteiger partial charge in [-0.1, -0.05) is 6.92 Å². The Balaban J connectivity index is 0.00000261. The number of rotatable bonds is 6. The third kappa shape index (κ3) is 4.60. The molecule has 1 aliphatic heterocycles. The number of hydrogen-bond acceptors (Lipinski definition) is 6. The number of carbonyl (C=O) groups is 1. The summed E-state index contributed by atoms with van der Waals surface area (Å²) in [5.41, 5.74) is 7.29. The zero-order valence-corrected chi connectivity index (χ0v) is 17.3. The summed E-state index contributed by atoms with van der Waals surface area (Å²) in [7, 11) is 1.65. The fourth-order valence-corrected chi connectivity index (χ4v) is 4.05. The van der Waals surface area contributed by atoms with Gasteiger partial charge in [-0.3, -0.25) is 4.79 Å². The van der Waals surface area contributed by atoms with Gasteiger partial charge in [-0.2, -0.15) is 0 Å². The van der Waals surface area contributed by atoms with Crippen LogP contribution in [0.1, 0.15) is 24.6 Å². The van der Waals surface area contributed by atoms with E-state index >= 15 is 0 Å². The standard InChI is InChI=1S/C19H25N3O3S.ClH/c1-3-15-16(13-4-6-14(24-2)7-5-13)21-18(26-15)22-17(23)19(12-20)8-10-25-11-9-19;/h4-7H,3,8-12,20H2,1-2H3,(H,21,22,23);1H. The molecule has 6 nitrogen and oxygen atoms in total. The van der Waals surface area contributed by atoms with Gasteiger partial charge in [-0.25, -0.2) is 4.98 Å². The van der Waals surface area contributed by atoms with Crippen molar-refractivity contribution >= 4 is 34.8 Å². The number of anilines is 1. The Morgan fingerprint density at radius 1 is 1.33 bits per heavy atom. The molecule has 0 unspecified atom stereocenters. The maximum absolute atomic E-state index is 12.9. The summed E-state index contributed by atoms with van der Waals surface area (Å²) in [6.07, 6.45) is 2.14. The van der Waals surface area contributed by atoms with Crippen molar-refractivity contribution in [3.8, 4) is 17.0 Å². The predicted molar refractivity (Wildman–Crippen MR) is 111 cm³/mol. The lowest BCUT2D eigenvalue weighted by Crippen LogP contribution is -2.46. The zero-order chi connectivity index (χ0) is 18.6. The minimum atomic E-state index is -0.559. The van der Waals surface area contributed by atoms with E-state index in [0.29, 0.717) is 37.7 Å². The van der Waals surface area contributed by atoms with E-state index in [1.807, 2.05) is 24.3 Å². The molecule has 8 heteroatoms. The Morgan fingerprint density at radius 2 is 2.00 bits per heavy atom. The number of aromatic nitrogens is 1. The number of ether oxygens (including phenoxy) is 2. The number of carbonyl (C=O) groups excluding carboxylic acids is 1. The molecule has 2 aromatic rings. The summed E-state index contributed by atoms with van der Waals surface area (Å²) >= 11 is 1.52. The largest absolute Gasteiger partial charge is 0.497 e. The first-order valence-electron chi connectivity index (χ1n) is 8.85. The van der Waals surface area contributed by atoms with Crippen molar-refractivity contribution < 1.29 is 14.3 Å². The van der Waals surface area contributed by atoms with Crippen LogP contribution >= 0.6 is 23.7 Å². The first-order valence-corrected chi connectivity index (χ1v) is 9.67. The van der Waals surface area contributed by atoms with E-state index < -0.39 is 5.41 Å². The number of amides is 1. The van der Waals surface area contributed by atoms with Gasteiger partial charge in [0.2, 0.25) is 5.91 Å². The normalized spacial score (nSPS) is 15.7. The molecule has 0 spiro atoms. The lowest BCUT2D eigenvalue weighted by molar-refractivity contribution is -0.130. The topological polar surface area (TPSA) is 86.5 Å². The van der Waals surface area contributed by atoms with Gasteiger partial charge in [0.25, 0.3) is 0 Å². The molecule has 0 radical (unpaired) electrons. The van der Waals surface area contributed by atoms with Crippen molar-refractivity contribution in [3.05, 3.63) is 29.1 Å². The fourth-order valence-electron chi connectivity index (χ4n) is 3.13. The molecule has 27 heavy (non-hydrogen) atoms. The molecule has 0 atom stereocenters. The summed E-state index contributed by atoms with van der Waals surface area (Å²) in [5, 5.41) is 3.62. The highest BCUT2D eigenvalue weighted by Gasteiger charge is 2.39. The average Bonchev–Trinajstić information content (AvgIpc) is 3.11. The number of thiazole rings is 1. The van der Waals surface area contributed by atoms with E-state index in [1.165, 1.54) is 11.3 Å². The molecule has 3 N–H and O–H groups in total. The van der Waals surface area contributed by atoms with Crippen LogP contribution in [0.25, 0.3) is 11.3 Å². The van der Waals surface area contributed by atoms with Crippen molar-refractivity contribution in [1.82, 2.24) is 4.98 Å². The molecule has 1 saturated heterocycles. The molecule has 3 rings (SSSR count). The van der Waals surface area contributed by atoms with Gasteiger partial charge in [-0.05, 0) is 43.5 Å². The van der Waals surface area contributed by atoms with Crippen LogP contribution in [0.3, 0.4) is 0 Å². The number of benzene rings is 1. The van der Waals surface area contributed by atoms with Crippen molar-refractivity contribution in [3.63, 3.8) is 0 Å². The molecule has 1 aromatic heterocycles. The van der Waals surface area contributed by atoms with Crippen LogP contribution in [0.4, 0.5) is 5.13 Å². The first kappa shape index (κ1) is 21.6. The maximum Gasteiger partial charge on any atom is 0.233 e. The van der Waals surface area contributed by atoms with Crippen LogP contribution < -0.4 is 15.8 Å². The fraction of sp³-hybridized carbons (Fsp3) is 0.474. The average molecular weight is 412 g/mol. The van der Waals surface area contributed by atoms with Crippen molar-refractivity contribution in [2.24, 2.45) is 11.1 Å². The van der Waals surface area contributed by atoms with Gasteiger partial charge in [0.1, 0.15) is 5.75 Å². The van der Waals surface area contributed by atoms with E-state index in [2.05, 4.69) is 17.2 Å². The van der Waals surface area contributed by atoms with Crippen molar-refractivity contribution in [2.75, 3.05) is 32.2 Å². The summed E-state index contributed by atoms with van der Waals surface area (Å²) in [4.78, 5) is 18.7. The lowest BCUT2D eigenvalue weighted by Gasteiger charge is -2.34. The molecule has 1 aromatic carbocycles. The Labute approximate surface area is 169 Å². The molecule has 2 heterocycles. The highest BCUT2D eigenvalue weighted by molar-refractivity contribution is 7.16. The van der Waals surface area contributed by atoms with Crippen LogP contribution in [-0.2, 0) is 16.0 Å². The highest BCUT2D eigenvalue weighted by atomic mass is 35.5. The predicted octanol–water partition coefficient (Wildman–Crippen LogP) is 3.50. The molecule has 148 valence electrons. The van der Waals surface area contributed by atoms with Crippen LogP contribution in [0, 0.1) is 5.41 Å². The quantitative estimate of drug-likeness (QED) is 0.759. The number of aryl methyl sites for hydroxylation is 1. The minimum Gasteiger partial charge on any atom is -0.497 e. The van der Waals surface area contributed by atoms with Gasteiger partial charge in [0, 0.05) is 30.2 Å². The molecule has 0 saturated carbocycles. The summed E-state index contributed by atoms with van der Waals surface area (Å²) in [6.45, 7) is 3.55. The second-order valence-corrected chi connectivity index (χ2v) is 7.51. The van der Waals surface area contributed by atoms with E-state index in [4.69, 9.17) is 15.2 Å².